The average molecular weight is 377 g/mol. The monoisotopic (exact) mass is 376 g/mol. The van der Waals surface area contributed by atoms with Crippen LogP contribution in [0.2, 0.25) is 5.02 Å². The van der Waals surface area contributed by atoms with Crippen LogP contribution in [0.4, 0.5) is 13.2 Å². The van der Waals surface area contributed by atoms with Crippen molar-refractivity contribution >= 4 is 34.2 Å². The van der Waals surface area contributed by atoms with Crippen LogP contribution in [-0.2, 0) is 6.18 Å². The first kappa shape index (κ1) is 18.9. The van der Waals surface area contributed by atoms with E-state index in [4.69, 9.17) is 11.6 Å². The van der Waals surface area contributed by atoms with E-state index in [1.807, 2.05) is 13.8 Å². The zero-order valence-corrected chi connectivity index (χ0v) is 14.7. The molecule has 0 atom stereocenters. The van der Waals surface area contributed by atoms with Gasteiger partial charge in [0.1, 0.15) is 5.03 Å². The minimum Gasteiger partial charge on any atom is -0.289 e. The number of allylic oxidation sites excluding steroid dienone is 1. The minimum atomic E-state index is -4.53. The Morgan fingerprint density at radius 1 is 1.42 bits per heavy atom. The zero-order valence-electron chi connectivity index (χ0n) is 13.2. The molecule has 0 unspecified atom stereocenters. The second-order valence-electron chi connectivity index (χ2n) is 5.24. The van der Waals surface area contributed by atoms with E-state index < -0.39 is 17.5 Å². The molecule has 0 spiro atoms. The molecule has 24 heavy (non-hydrogen) atoms. The van der Waals surface area contributed by atoms with Crippen molar-refractivity contribution in [2.75, 3.05) is 6.54 Å². The highest BCUT2D eigenvalue weighted by atomic mass is 35.5. The lowest BCUT2D eigenvalue weighted by Gasteiger charge is -2.15. The Morgan fingerprint density at radius 3 is 2.75 bits per heavy atom. The Hall–Kier alpha value is -1.47. The summed E-state index contributed by atoms with van der Waals surface area (Å²) in [5.41, 5.74) is -1.07. The first-order valence-electron chi connectivity index (χ1n) is 7.35. The number of unbranched alkanes of at least 4 members (excludes halogenated alkanes) is 1. The van der Waals surface area contributed by atoms with E-state index in [0.29, 0.717) is 11.6 Å². The van der Waals surface area contributed by atoms with Gasteiger partial charge in [0, 0.05) is 18.2 Å². The Balaban J connectivity index is 2.29. The fourth-order valence-corrected chi connectivity index (χ4v) is 3.15. The second kappa shape index (κ2) is 7.61. The molecule has 130 valence electrons. The first-order valence-corrected chi connectivity index (χ1v) is 8.55. The van der Waals surface area contributed by atoms with Crippen LogP contribution < -0.4 is 0 Å². The maximum Gasteiger partial charge on any atom is 0.416 e. The lowest BCUT2D eigenvalue weighted by Crippen LogP contribution is -2.14. The molecule has 0 aromatic heterocycles. The standard InChI is InChI=1S/C16H16ClF3N2OS/c1-3-4-7-22-15(24-10(2)21-22)9-14(23)12-8-11(16(18,19)20)5-6-13(12)17/h5-6,8-9H,3-4,7H2,1-2H3/b15-9-. The van der Waals surface area contributed by atoms with Gasteiger partial charge in [-0.05, 0) is 31.5 Å². The van der Waals surface area contributed by atoms with E-state index in [1.165, 1.54) is 17.8 Å². The van der Waals surface area contributed by atoms with Crippen LogP contribution >= 0.6 is 23.4 Å². The van der Waals surface area contributed by atoms with E-state index in [-0.39, 0.29) is 10.6 Å². The van der Waals surface area contributed by atoms with Crippen molar-refractivity contribution in [3.63, 3.8) is 0 Å². The van der Waals surface area contributed by atoms with Crippen LogP contribution in [-0.4, -0.2) is 22.4 Å². The summed E-state index contributed by atoms with van der Waals surface area (Å²) in [5, 5.41) is 7.38. The van der Waals surface area contributed by atoms with Gasteiger partial charge in [-0.15, -0.1) is 0 Å². The SMILES string of the molecule is CCCCN1N=C(C)S/C1=C\C(=O)c1cc(C(F)(F)F)ccc1Cl. The predicted octanol–water partition coefficient (Wildman–Crippen LogP) is 5.57. The number of hydrogen-bond acceptors (Lipinski definition) is 4. The molecule has 1 aliphatic rings. The molecule has 3 nitrogen and oxygen atoms in total. The van der Waals surface area contributed by atoms with E-state index in [9.17, 15) is 18.0 Å². The van der Waals surface area contributed by atoms with Crippen LogP contribution in [0.3, 0.4) is 0 Å². The molecule has 1 aromatic carbocycles. The van der Waals surface area contributed by atoms with Crippen LogP contribution in [0.25, 0.3) is 0 Å². The molecule has 0 aliphatic carbocycles. The van der Waals surface area contributed by atoms with E-state index in [0.717, 1.165) is 36.1 Å². The summed E-state index contributed by atoms with van der Waals surface area (Å²) in [4.78, 5) is 12.4. The molecule has 0 bridgehead atoms. The van der Waals surface area contributed by atoms with Gasteiger partial charge in [-0.1, -0.05) is 36.7 Å². The highest BCUT2D eigenvalue weighted by molar-refractivity contribution is 8.17. The summed E-state index contributed by atoms with van der Waals surface area (Å²) in [6, 6.07) is 2.73. The Labute approximate surface area is 147 Å². The number of carbonyl (C=O) groups excluding carboxylic acids is 1. The molecular formula is C16H16ClF3N2OS. The summed E-state index contributed by atoms with van der Waals surface area (Å²) >= 11 is 7.22. The molecule has 0 saturated heterocycles. The fraction of sp³-hybridized carbons (Fsp3) is 0.375. The maximum absolute atomic E-state index is 12.8. The molecule has 8 heteroatoms. The van der Waals surface area contributed by atoms with Crippen molar-refractivity contribution in [3.05, 3.63) is 45.5 Å². The van der Waals surface area contributed by atoms with E-state index in [1.54, 1.807) is 5.01 Å². The molecule has 2 rings (SSSR count). The van der Waals surface area contributed by atoms with Gasteiger partial charge in [-0.25, -0.2) is 0 Å². The number of carbonyl (C=O) groups is 1. The first-order chi connectivity index (χ1) is 11.2. The maximum atomic E-state index is 12.8. The van der Waals surface area contributed by atoms with Crippen LogP contribution in [0, 0.1) is 0 Å². The summed E-state index contributed by atoms with van der Waals surface area (Å²) in [7, 11) is 0. The molecule has 0 N–H and O–H groups in total. The van der Waals surface area contributed by atoms with Gasteiger partial charge in [0.15, 0.2) is 5.78 Å². The Kier molecular flexibility index (Phi) is 5.98. The molecule has 0 saturated carbocycles. The summed E-state index contributed by atoms with van der Waals surface area (Å²) in [5.74, 6) is -0.569. The number of benzene rings is 1. The van der Waals surface area contributed by atoms with E-state index in [2.05, 4.69) is 5.10 Å². The van der Waals surface area contributed by atoms with Gasteiger partial charge in [-0.2, -0.15) is 18.3 Å². The number of hydrazone groups is 1. The predicted molar refractivity (Wildman–Crippen MR) is 91.2 cm³/mol. The lowest BCUT2D eigenvalue weighted by atomic mass is 10.1. The largest absolute Gasteiger partial charge is 0.416 e. The van der Waals surface area contributed by atoms with Crippen LogP contribution in [0.15, 0.2) is 34.4 Å². The average Bonchev–Trinajstić information content (AvgIpc) is 2.83. The number of alkyl halides is 3. The summed E-state index contributed by atoms with van der Waals surface area (Å²) < 4.78 is 38.5. The smallest absolute Gasteiger partial charge is 0.289 e. The number of rotatable bonds is 5. The Morgan fingerprint density at radius 2 is 2.12 bits per heavy atom. The van der Waals surface area contributed by atoms with E-state index >= 15 is 0 Å². The van der Waals surface area contributed by atoms with Crippen molar-refractivity contribution in [1.29, 1.82) is 0 Å². The summed E-state index contributed by atoms with van der Waals surface area (Å²) in [6.45, 7) is 4.50. The third-order valence-corrected chi connectivity index (χ3v) is 4.55. The van der Waals surface area contributed by atoms with Crippen molar-refractivity contribution in [1.82, 2.24) is 5.01 Å². The van der Waals surface area contributed by atoms with Crippen molar-refractivity contribution in [2.24, 2.45) is 5.10 Å². The third-order valence-electron chi connectivity index (χ3n) is 3.31. The van der Waals surface area contributed by atoms with Gasteiger partial charge in [0.25, 0.3) is 0 Å². The van der Waals surface area contributed by atoms with Crippen molar-refractivity contribution in [2.45, 2.75) is 32.9 Å². The molecule has 1 aromatic rings. The fourth-order valence-electron chi connectivity index (χ4n) is 2.10. The number of nitrogens with zero attached hydrogens (tertiary/aromatic N) is 2. The second-order valence-corrected chi connectivity index (χ2v) is 6.86. The van der Waals surface area contributed by atoms with Crippen LogP contribution in [0.5, 0.6) is 0 Å². The number of halogens is 4. The van der Waals surface area contributed by atoms with Gasteiger partial charge in [-0.3, -0.25) is 9.80 Å². The highest BCUT2D eigenvalue weighted by Gasteiger charge is 2.31. The molecule has 1 aliphatic heterocycles. The molecule has 1 heterocycles. The number of ketones is 1. The van der Waals surface area contributed by atoms with Gasteiger partial charge >= 0.3 is 6.18 Å². The third kappa shape index (κ3) is 4.54. The normalized spacial score (nSPS) is 16.7. The topological polar surface area (TPSA) is 32.7 Å². The minimum absolute atomic E-state index is 0.00871. The number of hydrogen-bond donors (Lipinski definition) is 0. The molecular weight excluding hydrogens is 361 g/mol. The highest BCUT2D eigenvalue weighted by Crippen LogP contribution is 2.34. The lowest BCUT2D eigenvalue weighted by molar-refractivity contribution is -0.137. The quantitative estimate of drug-likeness (QED) is 0.497. The van der Waals surface area contributed by atoms with Crippen LogP contribution in [0.1, 0.15) is 42.6 Å². The molecule has 0 radical (unpaired) electrons. The molecule has 0 amide bonds. The Bertz CT molecular complexity index is 701. The van der Waals surface area contributed by atoms with Gasteiger partial charge < -0.3 is 0 Å². The van der Waals surface area contributed by atoms with Gasteiger partial charge in [0.2, 0.25) is 0 Å². The summed E-state index contributed by atoms with van der Waals surface area (Å²) in [6.07, 6.45) is -1.37. The number of thioether (sulfide) groups is 1. The van der Waals surface area contributed by atoms with Crippen molar-refractivity contribution in [3.8, 4) is 0 Å². The zero-order chi connectivity index (χ0) is 17.9. The molecule has 0 fully saturated rings. The van der Waals surface area contributed by atoms with Gasteiger partial charge in [0.05, 0.1) is 15.6 Å². The van der Waals surface area contributed by atoms with Crippen molar-refractivity contribution < 1.29 is 18.0 Å².